The summed E-state index contributed by atoms with van der Waals surface area (Å²) in [6, 6.07) is 28.8. The maximum absolute atomic E-state index is 6.21. The van der Waals surface area contributed by atoms with Crippen LogP contribution < -0.4 is 18.9 Å². The van der Waals surface area contributed by atoms with Crippen molar-refractivity contribution in [3.63, 3.8) is 0 Å². The van der Waals surface area contributed by atoms with Gasteiger partial charge in [0.25, 0.3) is 0 Å². The van der Waals surface area contributed by atoms with Crippen LogP contribution >= 0.6 is 0 Å². The van der Waals surface area contributed by atoms with Crippen molar-refractivity contribution < 1.29 is 18.9 Å². The Morgan fingerprint density at radius 1 is 0.339 bits per heavy atom. The average molecular weight is 755 g/mol. The number of benzene rings is 4. The van der Waals surface area contributed by atoms with E-state index in [-0.39, 0.29) is 0 Å². The molecule has 0 atom stereocenters. The molecule has 0 aromatic heterocycles. The largest absolute Gasteiger partial charge is 0.493 e. The van der Waals surface area contributed by atoms with Crippen LogP contribution in [0.4, 0.5) is 0 Å². The molecule has 4 nitrogen and oxygen atoms in total. The molecule has 0 spiro atoms. The summed E-state index contributed by atoms with van der Waals surface area (Å²) in [6.45, 7) is 11.7. The Balaban J connectivity index is 1.59. The lowest BCUT2D eigenvalue weighted by Crippen LogP contribution is -2.01. The first kappa shape index (κ1) is 43.9. The lowest BCUT2D eigenvalue weighted by Gasteiger charge is -2.11. The normalized spacial score (nSPS) is 10.6. The molecule has 0 aliphatic heterocycles. The van der Waals surface area contributed by atoms with E-state index in [1.165, 1.54) is 77.0 Å². The molecule has 0 aliphatic rings. The molecule has 4 aromatic rings. The first-order valence-corrected chi connectivity index (χ1v) is 21.7. The summed E-state index contributed by atoms with van der Waals surface area (Å²) in [4.78, 5) is 0. The lowest BCUT2D eigenvalue weighted by atomic mass is 9.95. The van der Waals surface area contributed by atoms with Crippen molar-refractivity contribution in [3.05, 3.63) is 107 Å². The third kappa shape index (κ3) is 16.5. The SMILES string of the molecule is CCCCCCOc1cc(C#Cc2ccccc2-c2ccccc2C#Cc2cc(OCCCCCC)cc(OCCCCCC)c2)cc(OCCCCCC)c1. The topological polar surface area (TPSA) is 36.9 Å². The van der Waals surface area contributed by atoms with Gasteiger partial charge in [-0.25, -0.2) is 0 Å². The highest BCUT2D eigenvalue weighted by Crippen LogP contribution is 2.29. The van der Waals surface area contributed by atoms with Crippen molar-refractivity contribution in [2.24, 2.45) is 0 Å². The van der Waals surface area contributed by atoms with Crippen LogP contribution in [-0.2, 0) is 0 Å². The fraction of sp³-hybridized carbons (Fsp3) is 0.462. The van der Waals surface area contributed by atoms with Gasteiger partial charge in [0.15, 0.2) is 0 Å². The minimum Gasteiger partial charge on any atom is -0.493 e. The van der Waals surface area contributed by atoms with E-state index in [0.717, 1.165) is 82.1 Å². The highest BCUT2D eigenvalue weighted by molar-refractivity contribution is 5.77. The lowest BCUT2D eigenvalue weighted by molar-refractivity contribution is 0.290. The number of unbranched alkanes of at least 4 members (excludes halogenated alkanes) is 12. The summed E-state index contributed by atoms with van der Waals surface area (Å²) in [5.41, 5.74) is 5.71. The van der Waals surface area contributed by atoms with E-state index in [4.69, 9.17) is 18.9 Å². The molecule has 0 radical (unpaired) electrons. The molecule has 0 saturated heterocycles. The smallest absolute Gasteiger partial charge is 0.124 e. The van der Waals surface area contributed by atoms with Crippen LogP contribution in [0.2, 0.25) is 0 Å². The summed E-state index contributed by atoms with van der Waals surface area (Å²) in [7, 11) is 0. The van der Waals surface area contributed by atoms with Crippen molar-refractivity contribution in [1.82, 2.24) is 0 Å². The second-order valence-electron chi connectivity index (χ2n) is 14.6. The highest BCUT2D eigenvalue weighted by Gasteiger charge is 2.09. The van der Waals surface area contributed by atoms with Gasteiger partial charge in [-0.15, -0.1) is 0 Å². The zero-order valence-corrected chi connectivity index (χ0v) is 34.9. The molecular weight excluding hydrogens is 689 g/mol. The molecule has 4 heteroatoms. The third-order valence-corrected chi connectivity index (χ3v) is 9.65. The summed E-state index contributed by atoms with van der Waals surface area (Å²) >= 11 is 0. The zero-order chi connectivity index (χ0) is 39.5. The van der Waals surface area contributed by atoms with E-state index in [1.807, 2.05) is 48.5 Å². The van der Waals surface area contributed by atoms with Crippen molar-refractivity contribution >= 4 is 0 Å². The monoisotopic (exact) mass is 754 g/mol. The first-order valence-electron chi connectivity index (χ1n) is 21.7. The highest BCUT2D eigenvalue weighted by atomic mass is 16.5. The van der Waals surface area contributed by atoms with Crippen molar-refractivity contribution in [2.45, 2.75) is 130 Å². The number of hydrogen-bond donors (Lipinski definition) is 0. The number of hydrogen-bond acceptors (Lipinski definition) is 4. The molecule has 0 bridgehead atoms. The minimum atomic E-state index is 0.692. The fourth-order valence-corrected chi connectivity index (χ4v) is 6.43. The van der Waals surface area contributed by atoms with Crippen LogP contribution in [0.15, 0.2) is 84.9 Å². The molecule has 0 N–H and O–H groups in total. The van der Waals surface area contributed by atoms with Gasteiger partial charge in [0, 0.05) is 34.4 Å². The quantitative estimate of drug-likeness (QED) is 0.0499. The molecule has 0 saturated carbocycles. The van der Waals surface area contributed by atoms with Gasteiger partial charge in [0.05, 0.1) is 26.4 Å². The van der Waals surface area contributed by atoms with E-state index < -0.39 is 0 Å². The Kier molecular flexibility index (Phi) is 21.1. The molecule has 4 rings (SSSR count). The Labute approximate surface area is 339 Å². The van der Waals surface area contributed by atoms with Gasteiger partial charge in [-0.3, -0.25) is 0 Å². The maximum Gasteiger partial charge on any atom is 0.124 e. The molecular formula is C52H66O4. The van der Waals surface area contributed by atoms with Gasteiger partial charge in [-0.1, -0.05) is 165 Å². The molecule has 0 heterocycles. The van der Waals surface area contributed by atoms with Crippen LogP contribution in [0.1, 0.15) is 153 Å². The summed E-state index contributed by atoms with van der Waals surface area (Å²) in [6.07, 6.45) is 18.6. The Bertz CT molecular complexity index is 1640. The van der Waals surface area contributed by atoms with Crippen LogP contribution in [0.3, 0.4) is 0 Å². The third-order valence-electron chi connectivity index (χ3n) is 9.65. The molecule has 56 heavy (non-hydrogen) atoms. The molecule has 0 amide bonds. The second kappa shape index (κ2) is 26.9. The van der Waals surface area contributed by atoms with Crippen LogP contribution in [-0.4, -0.2) is 26.4 Å². The van der Waals surface area contributed by atoms with E-state index in [1.54, 1.807) is 0 Å². The van der Waals surface area contributed by atoms with E-state index in [0.29, 0.717) is 26.4 Å². The molecule has 4 aromatic carbocycles. The Morgan fingerprint density at radius 2 is 0.643 bits per heavy atom. The number of rotatable bonds is 25. The van der Waals surface area contributed by atoms with Gasteiger partial charge in [0.2, 0.25) is 0 Å². The minimum absolute atomic E-state index is 0.692. The van der Waals surface area contributed by atoms with Crippen LogP contribution in [0.25, 0.3) is 11.1 Å². The Morgan fingerprint density at radius 3 is 0.946 bits per heavy atom. The summed E-state index contributed by atoms with van der Waals surface area (Å²) < 4.78 is 24.8. The van der Waals surface area contributed by atoms with E-state index >= 15 is 0 Å². The number of ether oxygens (including phenoxy) is 4. The molecule has 0 unspecified atom stereocenters. The summed E-state index contributed by atoms with van der Waals surface area (Å²) in [5.74, 6) is 17.1. The second-order valence-corrected chi connectivity index (χ2v) is 14.6. The van der Waals surface area contributed by atoms with Gasteiger partial charge in [-0.05, 0) is 73.2 Å². The van der Waals surface area contributed by atoms with Crippen LogP contribution in [0, 0.1) is 23.7 Å². The summed E-state index contributed by atoms with van der Waals surface area (Å²) in [5, 5.41) is 0. The maximum atomic E-state index is 6.21. The van der Waals surface area contributed by atoms with Crippen molar-refractivity contribution in [1.29, 1.82) is 0 Å². The van der Waals surface area contributed by atoms with Gasteiger partial charge in [-0.2, -0.15) is 0 Å². The molecule has 0 fully saturated rings. The Hall–Kier alpha value is -4.80. The zero-order valence-electron chi connectivity index (χ0n) is 34.9. The van der Waals surface area contributed by atoms with Crippen molar-refractivity contribution in [3.8, 4) is 57.8 Å². The first-order chi connectivity index (χ1) is 27.6. The van der Waals surface area contributed by atoms with Gasteiger partial charge >= 0.3 is 0 Å². The van der Waals surface area contributed by atoms with E-state index in [9.17, 15) is 0 Å². The van der Waals surface area contributed by atoms with Gasteiger partial charge in [0.1, 0.15) is 23.0 Å². The molecule has 298 valence electrons. The molecule has 0 aliphatic carbocycles. The predicted octanol–water partition coefficient (Wildman–Crippen LogP) is 14.0. The van der Waals surface area contributed by atoms with Gasteiger partial charge < -0.3 is 18.9 Å². The average Bonchev–Trinajstić information content (AvgIpc) is 3.22. The van der Waals surface area contributed by atoms with Crippen LogP contribution in [0.5, 0.6) is 23.0 Å². The van der Waals surface area contributed by atoms with Crippen molar-refractivity contribution in [2.75, 3.05) is 26.4 Å². The standard InChI is InChI=1S/C52H66O4/c1-5-9-13-21-33-53-47-37-43(38-48(41-47)54-34-22-14-10-6-2)29-31-45-25-17-19-27-51(45)52-28-20-18-26-46(52)32-30-44-39-49(55-35-23-15-11-7-3)42-50(40-44)56-36-24-16-12-8-4/h17-20,25-28,37-42H,5-16,21-24,33-36H2,1-4H3. The van der Waals surface area contributed by atoms with E-state index in [2.05, 4.69) is 87.8 Å². The predicted molar refractivity (Wildman–Crippen MR) is 235 cm³/mol. The fourth-order valence-electron chi connectivity index (χ4n) is 6.43.